The first-order chi connectivity index (χ1) is 7.82. The number of aliphatic hydroxyl groups is 1. The summed E-state index contributed by atoms with van der Waals surface area (Å²) in [7, 11) is 1.82. The van der Waals surface area contributed by atoms with Gasteiger partial charge in [-0.25, -0.2) is 0 Å². The lowest BCUT2D eigenvalue weighted by atomic mass is 9.94. The molecule has 0 spiro atoms. The Morgan fingerprint density at radius 3 is 2.71 bits per heavy atom. The summed E-state index contributed by atoms with van der Waals surface area (Å²) < 4.78 is 1.76. The standard InChI is InChI=1S/C13H22N2O2/c1-10(2)8-13(3,17)9-14-12(16)11-6-5-7-15(11)4/h5-7,10,17H,8-9H2,1-4H3,(H,14,16). The van der Waals surface area contributed by atoms with Gasteiger partial charge in [0.15, 0.2) is 0 Å². The average Bonchev–Trinajstić information content (AvgIpc) is 2.59. The molecule has 96 valence electrons. The van der Waals surface area contributed by atoms with Crippen molar-refractivity contribution in [1.82, 2.24) is 9.88 Å². The quantitative estimate of drug-likeness (QED) is 0.817. The van der Waals surface area contributed by atoms with Gasteiger partial charge in [0, 0.05) is 19.8 Å². The fraction of sp³-hybridized carbons (Fsp3) is 0.615. The minimum absolute atomic E-state index is 0.151. The Balaban J connectivity index is 2.51. The molecule has 0 radical (unpaired) electrons. The van der Waals surface area contributed by atoms with E-state index in [0.29, 0.717) is 18.0 Å². The van der Waals surface area contributed by atoms with E-state index in [1.54, 1.807) is 17.6 Å². The fourth-order valence-electron chi connectivity index (χ4n) is 2.01. The average molecular weight is 238 g/mol. The first-order valence-electron chi connectivity index (χ1n) is 5.94. The zero-order valence-electron chi connectivity index (χ0n) is 11.0. The van der Waals surface area contributed by atoms with Crippen molar-refractivity contribution in [3.05, 3.63) is 24.0 Å². The van der Waals surface area contributed by atoms with Crippen molar-refractivity contribution < 1.29 is 9.90 Å². The minimum atomic E-state index is -0.852. The highest BCUT2D eigenvalue weighted by Gasteiger charge is 2.23. The summed E-state index contributed by atoms with van der Waals surface area (Å²) in [5.41, 5.74) is -0.250. The summed E-state index contributed by atoms with van der Waals surface area (Å²) in [6.45, 7) is 6.12. The molecular formula is C13H22N2O2. The number of carbonyl (C=O) groups excluding carboxylic acids is 1. The van der Waals surface area contributed by atoms with E-state index in [2.05, 4.69) is 5.32 Å². The summed E-state index contributed by atoms with van der Waals surface area (Å²) in [5.74, 6) is 0.249. The van der Waals surface area contributed by atoms with Crippen molar-refractivity contribution in [2.75, 3.05) is 6.54 Å². The molecule has 4 nitrogen and oxygen atoms in total. The topological polar surface area (TPSA) is 54.3 Å². The summed E-state index contributed by atoms with van der Waals surface area (Å²) >= 11 is 0. The van der Waals surface area contributed by atoms with Gasteiger partial charge in [0.05, 0.1) is 5.60 Å². The molecule has 17 heavy (non-hydrogen) atoms. The molecule has 1 unspecified atom stereocenters. The molecule has 0 fully saturated rings. The van der Waals surface area contributed by atoms with E-state index in [0.717, 1.165) is 0 Å². The minimum Gasteiger partial charge on any atom is -0.388 e. The van der Waals surface area contributed by atoms with Crippen LogP contribution in [0.25, 0.3) is 0 Å². The van der Waals surface area contributed by atoms with E-state index in [1.165, 1.54) is 0 Å². The van der Waals surface area contributed by atoms with Crippen LogP contribution in [0.4, 0.5) is 0 Å². The van der Waals surface area contributed by atoms with Crippen molar-refractivity contribution in [3.8, 4) is 0 Å². The van der Waals surface area contributed by atoms with Crippen molar-refractivity contribution in [2.24, 2.45) is 13.0 Å². The van der Waals surface area contributed by atoms with Gasteiger partial charge >= 0.3 is 0 Å². The van der Waals surface area contributed by atoms with E-state index in [4.69, 9.17) is 0 Å². The SMILES string of the molecule is CC(C)CC(C)(O)CNC(=O)c1cccn1C. The molecule has 1 aromatic rings. The van der Waals surface area contributed by atoms with Gasteiger partial charge in [0.2, 0.25) is 0 Å². The number of nitrogens with one attached hydrogen (secondary N) is 1. The Bertz CT molecular complexity index is 381. The molecule has 2 N–H and O–H groups in total. The number of rotatable bonds is 5. The van der Waals surface area contributed by atoms with Crippen LogP contribution in [0.1, 0.15) is 37.7 Å². The summed E-state index contributed by atoms with van der Waals surface area (Å²) in [5, 5.41) is 12.8. The molecule has 0 bridgehead atoms. The second-order valence-electron chi connectivity index (χ2n) is 5.28. The summed E-state index contributed by atoms with van der Waals surface area (Å²) in [6, 6.07) is 3.58. The summed E-state index contributed by atoms with van der Waals surface area (Å²) in [4.78, 5) is 11.8. The fourth-order valence-corrected chi connectivity index (χ4v) is 2.01. The highest BCUT2D eigenvalue weighted by atomic mass is 16.3. The Kier molecular flexibility index (Phi) is 4.34. The number of hydrogen-bond donors (Lipinski definition) is 2. The molecule has 1 heterocycles. The monoisotopic (exact) mass is 238 g/mol. The predicted molar refractivity (Wildman–Crippen MR) is 67.8 cm³/mol. The molecule has 1 atom stereocenters. The zero-order valence-corrected chi connectivity index (χ0v) is 11.0. The number of aromatic nitrogens is 1. The van der Waals surface area contributed by atoms with Crippen molar-refractivity contribution >= 4 is 5.91 Å². The van der Waals surface area contributed by atoms with E-state index >= 15 is 0 Å². The van der Waals surface area contributed by atoms with E-state index in [-0.39, 0.29) is 12.5 Å². The van der Waals surface area contributed by atoms with Crippen LogP contribution in [0, 0.1) is 5.92 Å². The van der Waals surface area contributed by atoms with Gasteiger partial charge in [-0.1, -0.05) is 13.8 Å². The molecular weight excluding hydrogens is 216 g/mol. The van der Waals surface area contributed by atoms with Crippen LogP contribution in [-0.4, -0.2) is 27.7 Å². The molecule has 1 rings (SSSR count). The van der Waals surface area contributed by atoms with Crippen LogP contribution < -0.4 is 5.32 Å². The number of hydrogen-bond acceptors (Lipinski definition) is 2. The molecule has 4 heteroatoms. The first-order valence-corrected chi connectivity index (χ1v) is 5.94. The Morgan fingerprint density at radius 2 is 2.24 bits per heavy atom. The highest BCUT2D eigenvalue weighted by molar-refractivity contribution is 5.92. The van der Waals surface area contributed by atoms with Crippen LogP contribution in [0.5, 0.6) is 0 Å². The van der Waals surface area contributed by atoms with Gasteiger partial charge in [-0.15, -0.1) is 0 Å². The molecule has 1 amide bonds. The molecule has 0 aromatic carbocycles. The van der Waals surface area contributed by atoms with E-state index < -0.39 is 5.60 Å². The van der Waals surface area contributed by atoms with Crippen LogP contribution in [0.2, 0.25) is 0 Å². The van der Waals surface area contributed by atoms with Gasteiger partial charge in [-0.05, 0) is 31.4 Å². The lowest BCUT2D eigenvalue weighted by Crippen LogP contribution is -2.41. The second kappa shape index (κ2) is 5.36. The van der Waals surface area contributed by atoms with Crippen LogP contribution in [0.15, 0.2) is 18.3 Å². The Morgan fingerprint density at radius 1 is 1.59 bits per heavy atom. The van der Waals surface area contributed by atoms with Gasteiger partial charge in [-0.2, -0.15) is 0 Å². The summed E-state index contributed by atoms with van der Waals surface area (Å²) in [6.07, 6.45) is 2.49. The normalized spacial score (nSPS) is 14.7. The van der Waals surface area contributed by atoms with Crippen LogP contribution in [0.3, 0.4) is 0 Å². The molecule has 0 saturated heterocycles. The lowest BCUT2D eigenvalue weighted by Gasteiger charge is -2.25. The lowest BCUT2D eigenvalue weighted by molar-refractivity contribution is 0.0367. The van der Waals surface area contributed by atoms with Gasteiger partial charge in [0.25, 0.3) is 5.91 Å². The van der Waals surface area contributed by atoms with Crippen molar-refractivity contribution in [1.29, 1.82) is 0 Å². The molecule has 0 aliphatic rings. The molecule has 1 aromatic heterocycles. The van der Waals surface area contributed by atoms with Gasteiger partial charge in [-0.3, -0.25) is 4.79 Å². The predicted octanol–water partition coefficient (Wildman–Crippen LogP) is 1.55. The van der Waals surface area contributed by atoms with Gasteiger partial charge < -0.3 is 15.0 Å². The number of amides is 1. The molecule has 0 saturated carbocycles. The maximum atomic E-state index is 11.8. The maximum absolute atomic E-state index is 11.8. The zero-order chi connectivity index (χ0) is 13.1. The Hall–Kier alpha value is -1.29. The smallest absolute Gasteiger partial charge is 0.267 e. The number of nitrogens with zero attached hydrogens (tertiary/aromatic N) is 1. The van der Waals surface area contributed by atoms with Crippen molar-refractivity contribution in [3.63, 3.8) is 0 Å². The third kappa shape index (κ3) is 4.23. The van der Waals surface area contributed by atoms with Crippen LogP contribution in [-0.2, 0) is 7.05 Å². The third-order valence-corrected chi connectivity index (χ3v) is 2.65. The third-order valence-electron chi connectivity index (χ3n) is 2.65. The van der Waals surface area contributed by atoms with Crippen LogP contribution >= 0.6 is 0 Å². The first kappa shape index (κ1) is 13.8. The largest absolute Gasteiger partial charge is 0.388 e. The highest BCUT2D eigenvalue weighted by Crippen LogP contribution is 2.15. The van der Waals surface area contributed by atoms with Crippen molar-refractivity contribution in [2.45, 2.75) is 32.8 Å². The number of aryl methyl sites for hydroxylation is 1. The van der Waals surface area contributed by atoms with E-state index in [9.17, 15) is 9.90 Å². The molecule has 0 aliphatic heterocycles. The van der Waals surface area contributed by atoms with Gasteiger partial charge in [0.1, 0.15) is 5.69 Å². The maximum Gasteiger partial charge on any atom is 0.267 e. The Labute approximate surface area is 103 Å². The second-order valence-corrected chi connectivity index (χ2v) is 5.28. The number of carbonyl (C=O) groups is 1. The van der Waals surface area contributed by atoms with E-state index in [1.807, 2.05) is 33.2 Å². The molecule has 0 aliphatic carbocycles.